The Morgan fingerprint density at radius 3 is 2.40 bits per heavy atom. The summed E-state index contributed by atoms with van der Waals surface area (Å²) in [6, 6.07) is 36.8. The number of para-hydroxylation sites is 1. The fourth-order valence-electron chi connectivity index (χ4n) is 5.01. The van der Waals surface area contributed by atoms with Crippen molar-refractivity contribution in [3.63, 3.8) is 0 Å². The van der Waals surface area contributed by atoms with E-state index >= 15 is 0 Å². The van der Waals surface area contributed by atoms with Crippen LogP contribution in [-0.2, 0) is 11.2 Å². The van der Waals surface area contributed by atoms with Gasteiger partial charge in [-0.3, -0.25) is 0 Å². The molecule has 5 aromatic rings. The van der Waals surface area contributed by atoms with Crippen molar-refractivity contribution in [2.24, 2.45) is 4.99 Å². The number of fused-ring (bicyclic) bond motifs is 4. The highest BCUT2D eigenvalue weighted by Gasteiger charge is 2.39. The molecule has 0 unspecified atom stereocenters. The number of ether oxygens (including phenoxy) is 2. The first-order valence-corrected chi connectivity index (χ1v) is 11.9. The Labute approximate surface area is 203 Å². The molecular weight excluding hydrogens is 432 g/mol. The number of rotatable bonds is 4. The van der Waals surface area contributed by atoms with E-state index in [1.165, 1.54) is 11.1 Å². The van der Waals surface area contributed by atoms with Gasteiger partial charge in [-0.2, -0.15) is 0 Å². The van der Waals surface area contributed by atoms with Gasteiger partial charge in [-0.05, 0) is 53.6 Å². The van der Waals surface area contributed by atoms with E-state index in [1.807, 2.05) is 66.7 Å². The van der Waals surface area contributed by atoms with E-state index in [-0.39, 0.29) is 12.1 Å². The Morgan fingerprint density at radius 1 is 0.714 bits per heavy atom. The average molecular weight is 455 g/mol. The summed E-state index contributed by atoms with van der Waals surface area (Å²) in [7, 11) is 0. The minimum Gasteiger partial charge on any atom is -0.471 e. The van der Waals surface area contributed by atoms with Gasteiger partial charge in [-0.25, -0.2) is 9.98 Å². The lowest BCUT2D eigenvalue weighted by molar-refractivity contribution is 0.206. The Morgan fingerprint density at radius 2 is 1.49 bits per heavy atom. The molecule has 4 heteroatoms. The maximum absolute atomic E-state index is 6.26. The summed E-state index contributed by atoms with van der Waals surface area (Å²) >= 11 is 0. The third kappa shape index (κ3) is 3.64. The topological polar surface area (TPSA) is 43.7 Å². The van der Waals surface area contributed by atoms with Gasteiger partial charge < -0.3 is 9.47 Å². The van der Waals surface area contributed by atoms with E-state index in [2.05, 4.69) is 42.5 Å². The molecule has 7 rings (SSSR count). The van der Waals surface area contributed by atoms with Gasteiger partial charge in [0.25, 0.3) is 0 Å². The molecule has 4 nitrogen and oxygen atoms in total. The van der Waals surface area contributed by atoms with Crippen molar-refractivity contribution in [2.45, 2.75) is 18.6 Å². The van der Waals surface area contributed by atoms with Crippen molar-refractivity contribution >= 4 is 16.8 Å². The molecule has 2 aliphatic rings. The van der Waals surface area contributed by atoms with E-state index in [4.69, 9.17) is 19.5 Å². The van der Waals surface area contributed by atoms with Crippen LogP contribution in [0.3, 0.4) is 0 Å². The first-order chi connectivity index (χ1) is 17.3. The minimum atomic E-state index is 0.0805. The molecule has 0 spiro atoms. The predicted octanol–water partition coefficient (Wildman–Crippen LogP) is 7.14. The van der Waals surface area contributed by atoms with E-state index in [0.717, 1.165) is 45.6 Å². The quantitative estimate of drug-likeness (QED) is 0.290. The zero-order valence-electron chi connectivity index (χ0n) is 19.0. The lowest BCUT2D eigenvalue weighted by atomic mass is 10.1. The van der Waals surface area contributed by atoms with Crippen molar-refractivity contribution in [2.75, 3.05) is 0 Å². The molecule has 0 radical (unpaired) electrons. The van der Waals surface area contributed by atoms with Gasteiger partial charge in [-0.1, -0.05) is 66.7 Å². The molecule has 2 heterocycles. The Hall–Kier alpha value is -4.44. The SMILES string of the molecule is c1cc(Oc2cccc(-c3ccc4ccccc4n3)c2)cc(C2=N[C@H]3c4ccccc4C[C@H]3O2)c1. The molecule has 1 aliphatic heterocycles. The molecule has 0 amide bonds. The highest BCUT2D eigenvalue weighted by molar-refractivity contribution is 5.96. The standard InChI is InChI=1S/C31H22N2O2/c1-3-13-26-21(8-1)19-29-30(26)33-31(35-29)23-10-6-12-25(18-23)34-24-11-5-9-22(17-24)28-16-15-20-7-2-4-14-27(20)32-28/h1-18,29-30H,19H2/t29-,30+/m1/s1. The molecule has 1 aromatic heterocycles. The largest absolute Gasteiger partial charge is 0.471 e. The highest BCUT2D eigenvalue weighted by atomic mass is 16.5. The lowest BCUT2D eigenvalue weighted by Crippen LogP contribution is -2.13. The van der Waals surface area contributed by atoms with Gasteiger partial charge in [0.05, 0.1) is 11.2 Å². The molecular formula is C31H22N2O2. The summed E-state index contributed by atoms with van der Waals surface area (Å²) < 4.78 is 12.5. The number of hydrogen-bond donors (Lipinski definition) is 0. The molecule has 35 heavy (non-hydrogen) atoms. The van der Waals surface area contributed by atoms with Gasteiger partial charge in [0.15, 0.2) is 0 Å². The summed E-state index contributed by atoms with van der Waals surface area (Å²) in [6.45, 7) is 0. The third-order valence-corrected chi connectivity index (χ3v) is 6.71. The molecule has 0 fully saturated rings. The Bertz CT molecular complexity index is 1610. The maximum Gasteiger partial charge on any atom is 0.217 e. The molecule has 0 saturated heterocycles. The summed E-state index contributed by atoms with van der Waals surface area (Å²) in [5, 5.41) is 1.13. The molecule has 0 N–H and O–H groups in total. The van der Waals surface area contributed by atoms with Crippen molar-refractivity contribution in [3.8, 4) is 22.8 Å². The van der Waals surface area contributed by atoms with Crippen LogP contribution in [0.2, 0.25) is 0 Å². The second kappa shape index (κ2) is 8.10. The fraction of sp³-hybridized carbons (Fsp3) is 0.0968. The van der Waals surface area contributed by atoms with Crippen LogP contribution in [0.15, 0.2) is 114 Å². The summed E-state index contributed by atoms with van der Waals surface area (Å²) in [5.74, 6) is 2.19. The van der Waals surface area contributed by atoms with Gasteiger partial charge in [0.2, 0.25) is 5.90 Å². The fourth-order valence-corrected chi connectivity index (χ4v) is 5.01. The average Bonchev–Trinajstić information content (AvgIpc) is 3.47. The van der Waals surface area contributed by atoms with Crippen LogP contribution in [0.4, 0.5) is 0 Å². The van der Waals surface area contributed by atoms with Gasteiger partial charge in [0.1, 0.15) is 23.6 Å². The van der Waals surface area contributed by atoms with Crippen LogP contribution in [0.5, 0.6) is 11.5 Å². The molecule has 2 atom stereocenters. The number of nitrogens with zero attached hydrogens (tertiary/aromatic N) is 2. The first-order valence-electron chi connectivity index (χ1n) is 11.9. The van der Waals surface area contributed by atoms with Crippen molar-refractivity contribution in [1.29, 1.82) is 0 Å². The summed E-state index contributed by atoms with van der Waals surface area (Å²) in [4.78, 5) is 9.74. The highest BCUT2D eigenvalue weighted by Crippen LogP contribution is 2.41. The Kier molecular flexibility index (Phi) is 4.62. The van der Waals surface area contributed by atoms with E-state index in [9.17, 15) is 0 Å². The van der Waals surface area contributed by atoms with Crippen LogP contribution >= 0.6 is 0 Å². The smallest absolute Gasteiger partial charge is 0.217 e. The normalized spacial score (nSPS) is 18.0. The molecule has 1 aliphatic carbocycles. The third-order valence-electron chi connectivity index (χ3n) is 6.71. The van der Waals surface area contributed by atoms with Gasteiger partial charge in [-0.15, -0.1) is 0 Å². The number of aromatic nitrogens is 1. The first kappa shape index (κ1) is 20.0. The minimum absolute atomic E-state index is 0.0805. The number of aliphatic imine (C=N–C) groups is 1. The number of pyridine rings is 1. The van der Waals surface area contributed by atoms with Crippen LogP contribution in [0.1, 0.15) is 22.7 Å². The molecule has 168 valence electrons. The Balaban J connectivity index is 1.14. The summed E-state index contributed by atoms with van der Waals surface area (Å²) in [5.41, 5.74) is 6.46. The zero-order chi connectivity index (χ0) is 23.2. The lowest BCUT2D eigenvalue weighted by Gasteiger charge is -2.11. The van der Waals surface area contributed by atoms with Crippen molar-refractivity contribution < 1.29 is 9.47 Å². The zero-order valence-corrected chi connectivity index (χ0v) is 19.0. The van der Waals surface area contributed by atoms with E-state index < -0.39 is 0 Å². The van der Waals surface area contributed by atoms with Crippen molar-refractivity contribution in [1.82, 2.24) is 4.98 Å². The maximum atomic E-state index is 6.26. The van der Waals surface area contributed by atoms with Gasteiger partial charge >= 0.3 is 0 Å². The van der Waals surface area contributed by atoms with Crippen molar-refractivity contribution in [3.05, 3.63) is 126 Å². The second-order valence-electron chi connectivity index (χ2n) is 8.99. The van der Waals surface area contributed by atoms with Crippen LogP contribution in [-0.4, -0.2) is 17.0 Å². The van der Waals surface area contributed by atoms with Crippen LogP contribution in [0.25, 0.3) is 22.2 Å². The molecule has 0 saturated carbocycles. The van der Waals surface area contributed by atoms with Crippen LogP contribution < -0.4 is 4.74 Å². The predicted molar refractivity (Wildman–Crippen MR) is 138 cm³/mol. The number of hydrogen-bond acceptors (Lipinski definition) is 4. The monoisotopic (exact) mass is 454 g/mol. The summed E-state index contributed by atoms with van der Waals surface area (Å²) in [6.07, 6.45) is 0.984. The van der Waals surface area contributed by atoms with E-state index in [1.54, 1.807) is 0 Å². The van der Waals surface area contributed by atoms with E-state index in [0.29, 0.717) is 5.90 Å². The molecule has 4 aromatic carbocycles. The number of benzene rings is 4. The molecule has 0 bridgehead atoms. The second-order valence-corrected chi connectivity index (χ2v) is 8.99. The van der Waals surface area contributed by atoms with Crippen LogP contribution in [0, 0.1) is 0 Å². The van der Waals surface area contributed by atoms with Gasteiger partial charge in [0, 0.05) is 22.9 Å².